The highest BCUT2D eigenvalue weighted by Crippen LogP contribution is 2.50. The van der Waals surface area contributed by atoms with E-state index in [9.17, 15) is 0 Å². The molecule has 2 atom stereocenters. The first-order valence-corrected chi connectivity index (χ1v) is 19.5. The highest BCUT2D eigenvalue weighted by Gasteiger charge is 2.38. The first kappa shape index (κ1) is 32.3. The molecule has 2 heterocycles. The summed E-state index contributed by atoms with van der Waals surface area (Å²) >= 11 is 0. The van der Waals surface area contributed by atoms with Crippen LogP contribution in [-0.2, 0) is 0 Å². The number of hydrogen-bond acceptors (Lipinski definition) is 1. The Morgan fingerprint density at radius 3 is 1.61 bits per heavy atom. The van der Waals surface area contributed by atoms with E-state index in [-0.39, 0.29) is 12.0 Å². The largest absolute Gasteiger partial charge is 0.333 e. The molecule has 0 saturated heterocycles. The molecule has 0 radical (unpaired) electrons. The quantitative estimate of drug-likeness (QED) is 0.166. The van der Waals surface area contributed by atoms with Crippen LogP contribution in [0, 0.1) is 0 Å². The molecule has 1 aliphatic carbocycles. The van der Waals surface area contributed by atoms with Crippen LogP contribution in [0.2, 0.25) is 0 Å². The van der Waals surface area contributed by atoms with Gasteiger partial charge in [-0.25, -0.2) is 0 Å². The van der Waals surface area contributed by atoms with Gasteiger partial charge in [-0.1, -0.05) is 170 Å². The lowest BCUT2D eigenvalue weighted by molar-refractivity contribution is 0.747. The van der Waals surface area contributed by atoms with Crippen LogP contribution < -0.4 is 4.90 Å². The number of aromatic nitrogens is 1. The molecule has 1 aromatic heterocycles. The van der Waals surface area contributed by atoms with Crippen molar-refractivity contribution in [1.29, 1.82) is 0 Å². The third-order valence-electron chi connectivity index (χ3n) is 11.7. The van der Waals surface area contributed by atoms with Gasteiger partial charge in [0.05, 0.1) is 17.1 Å². The second-order valence-corrected chi connectivity index (χ2v) is 14.9. The van der Waals surface area contributed by atoms with Gasteiger partial charge >= 0.3 is 0 Å². The fraction of sp³-hybridized carbons (Fsp3) is 0.0370. The predicted molar refractivity (Wildman–Crippen MR) is 236 cm³/mol. The lowest BCUT2D eigenvalue weighted by Crippen LogP contribution is -2.28. The number of benzene rings is 8. The molecule has 2 unspecified atom stereocenters. The fourth-order valence-electron chi connectivity index (χ4n) is 9.01. The summed E-state index contributed by atoms with van der Waals surface area (Å²) in [6.45, 7) is 0. The SMILES string of the molecule is C1=CC2C(C=C1c1ccc3c(c1)c1ccccc1n3-c1ccc(-c3ccccc3)cc1)c1ccc(-c3ccc(-c4ccccc4)cc3)cc1N2c1ccccc1. The van der Waals surface area contributed by atoms with E-state index in [1.807, 2.05) is 0 Å². The van der Waals surface area contributed by atoms with Crippen LogP contribution >= 0.6 is 0 Å². The number of fused-ring (bicyclic) bond motifs is 6. The molecule has 8 aromatic carbocycles. The molecule has 1 aliphatic heterocycles. The lowest BCUT2D eigenvalue weighted by atomic mass is 9.85. The monoisotopic (exact) mass is 714 g/mol. The Balaban J connectivity index is 0.971. The molecule has 2 aliphatic rings. The summed E-state index contributed by atoms with van der Waals surface area (Å²) in [5.41, 5.74) is 17.3. The van der Waals surface area contributed by atoms with Crippen LogP contribution in [-0.4, -0.2) is 10.6 Å². The van der Waals surface area contributed by atoms with E-state index in [1.165, 1.54) is 88.9 Å². The summed E-state index contributed by atoms with van der Waals surface area (Å²) in [5, 5.41) is 2.53. The van der Waals surface area contributed by atoms with Crippen molar-refractivity contribution in [2.45, 2.75) is 12.0 Å². The predicted octanol–water partition coefficient (Wildman–Crippen LogP) is 14.0. The van der Waals surface area contributed by atoms with Crippen LogP contribution in [0.1, 0.15) is 17.0 Å². The molecule has 11 rings (SSSR count). The van der Waals surface area contributed by atoms with E-state index in [0.717, 1.165) is 0 Å². The van der Waals surface area contributed by atoms with Crippen LogP contribution in [0.5, 0.6) is 0 Å². The van der Waals surface area contributed by atoms with Gasteiger partial charge in [-0.3, -0.25) is 0 Å². The van der Waals surface area contributed by atoms with Crippen molar-refractivity contribution in [3.05, 3.63) is 230 Å². The van der Waals surface area contributed by atoms with Gasteiger partial charge in [-0.2, -0.15) is 0 Å². The molecule has 0 N–H and O–H groups in total. The molecule has 0 amide bonds. The standard InChI is InChI=1S/C54H38N2/c1-4-12-37(13-5-1)39-20-22-41(23-21-39)44-26-31-48-50-35-43(28-33-53(50)56(54(48)36-44)45-16-8-3-9-17-45)42-27-32-52-49(34-42)47-18-10-11-19-51(47)55(52)46-29-24-40(25-30-46)38-14-6-2-7-15-38/h1-36,50,53H. The second kappa shape index (κ2) is 13.3. The van der Waals surface area contributed by atoms with Gasteiger partial charge in [0, 0.05) is 33.8 Å². The summed E-state index contributed by atoms with van der Waals surface area (Å²) in [6.07, 6.45) is 7.27. The normalized spacial score (nSPS) is 15.9. The average Bonchev–Trinajstić information content (AvgIpc) is 3.79. The van der Waals surface area contributed by atoms with Gasteiger partial charge in [0.1, 0.15) is 0 Å². The van der Waals surface area contributed by atoms with E-state index in [1.54, 1.807) is 0 Å². The zero-order valence-electron chi connectivity index (χ0n) is 30.8. The van der Waals surface area contributed by atoms with E-state index in [4.69, 9.17) is 0 Å². The molecule has 2 heteroatoms. The van der Waals surface area contributed by atoms with Crippen molar-refractivity contribution in [3.63, 3.8) is 0 Å². The van der Waals surface area contributed by atoms with Gasteiger partial charge in [-0.15, -0.1) is 0 Å². The second-order valence-electron chi connectivity index (χ2n) is 14.9. The minimum Gasteiger partial charge on any atom is -0.333 e. The molecule has 2 nitrogen and oxygen atoms in total. The molecular formula is C54H38N2. The van der Waals surface area contributed by atoms with Gasteiger partial charge in [0.15, 0.2) is 0 Å². The zero-order valence-corrected chi connectivity index (χ0v) is 30.8. The lowest BCUT2D eigenvalue weighted by Gasteiger charge is -2.30. The number of anilines is 2. The van der Waals surface area contributed by atoms with Crippen LogP contribution in [0.25, 0.3) is 66.4 Å². The van der Waals surface area contributed by atoms with Crippen LogP contribution in [0.4, 0.5) is 11.4 Å². The minimum atomic E-state index is 0.191. The summed E-state index contributed by atoms with van der Waals surface area (Å²) < 4.78 is 2.40. The zero-order chi connectivity index (χ0) is 37.0. The van der Waals surface area contributed by atoms with Crippen LogP contribution in [0.3, 0.4) is 0 Å². The molecule has 0 bridgehead atoms. The third-order valence-corrected chi connectivity index (χ3v) is 11.7. The molecule has 0 spiro atoms. The minimum absolute atomic E-state index is 0.191. The molecule has 0 fully saturated rings. The summed E-state index contributed by atoms with van der Waals surface area (Å²) in [6, 6.07) is 73.1. The van der Waals surface area contributed by atoms with E-state index < -0.39 is 0 Å². The number of allylic oxidation sites excluding steroid dienone is 2. The number of rotatable bonds is 6. The van der Waals surface area contributed by atoms with Crippen LogP contribution in [0.15, 0.2) is 218 Å². The van der Waals surface area contributed by atoms with E-state index in [0.29, 0.717) is 0 Å². The molecule has 56 heavy (non-hydrogen) atoms. The van der Waals surface area contributed by atoms with E-state index in [2.05, 4.69) is 228 Å². The number of nitrogens with zero attached hydrogens (tertiary/aromatic N) is 2. The van der Waals surface area contributed by atoms with Crippen molar-refractivity contribution < 1.29 is 0 Å². The van der Waals surface area contributed by atoms with Crippen molar-refractivity contribution in [2.24, 2.45) is 0 Å². The summed E-state index contributed by atoms with van der Waals surface area (Å²) in [7, 11) is 0. The topological polar surface area (TPSA) is 8.17 Å². The van der Waals surface area contributed by atoms with Gasteiger partial charge in [-0.05, 0) is 98.6 Å². The maximum absolute atomic E-state index is 2.53. The smallest absolute Gasteiger partial charge is 0.0630 e. The highest BCUT2D eigenvalue weighted by molar-refractivity contribution is 6.10. The average molecular weight is 715 g/mol. The Morgan fingerprint density at radius 2 is 0.911 bits per heavy atom. The van der Waals surface area contributed by atoms with E-state index >= 15 is 0 Å². The Kier molecular flexibility index (Phi) is 7.67. The Bertz CT molecular complexity index is 2940. The van der Waals surface area contributed by atoms with Gasteiger partial charge in [0.2, 0.25) is 0 Å². The maximum Gasteiger partial charge on any atom is 0.0630 e. The van der Waals surface area contributed by atoms with Crippen molar-refractivity contribution in [2.75, 3.05) is 4.90 Å². The molecule has 9 aromatic rings. The molecule has 0 saturated carbocycles. The third kappa shape index (κ3) is 5.41. The Morgan fingerprint density at radius 1 is 0.375 bits per heavy atom. The van der Waals surface area contributed by atoms with Crippen molar-refractivity contribution >= 4 is 38.8 Å². The number of para-hydroxylation sites is 2. The first-order chi connectivity index (χ1) is 27.8. The first-order valence-electron chi connectivity index (χ1n) is 19.5. The Hall–Kier alpha value is -7.16. The van der Waals surface area contributed by atoms with Gasteiger partial charge < -0.3 is 9.47 Å². The maximum atomic E-state index is 2.53. The molecular weight excluding hydrogens is 677 g/mol. The summed E-state index contributed by atoms with van der Waals surface area (Å²) in [4.78, 5) is 2.53. The summed E-state index contributed by atoms with van der Waals surface area (Å²) in [5.74, 6) is 0.222. The fourth-order valence-corrected chi connectivity index (χ4v) is 9.01. The highest BCUT2D eigenvalue weighted by atomic mass is 15.2. The van der Waals surface area contributed by atoms with Crippen molar-refractivity contribution in [3.8, 4) is 39.1 Å². The van der Waals surface area contributed by atoms with Crippen molar-refractivity contribution in [1.82, 2.24) is 4.57 Å². The Labute approximate surface area is 327 Å². The van der Waals surface area contributed by atoms with Gasteiger partial charge in [0.25, 0.3) is 0 Å². The number of hydrogen-bond donors (Lipinski definition) is 0. The molecule has 264 valence electrons.